The topological polar surface area (TPSA) is 77.0 Å². The Kier molecular flexibility index (Phi) is 6.01. The molecule has 142 valence electrons. The number of hydrogen-bond acceptors (Lipinski definition) is 3. The van der Waals surface area contributed by atoms with Gasteiger partial charge in [0.15, 0.2) is 5.96 Å². The second-order valence-electron chi connectivity index (χ2n) is 7.26. The summed E-state index contributed by atoms with van der Waals surface area (Å²) >= 11 is 0. The molecule has 1 saturated heterocycles. The molecular weight excluding hydrogens is 328 g/mol. The van der Waals surface area contributed by atoms with Crippen LogP contribution in [0, 0.1) is 0 Å². The van der Waals surface area contributed by atoms with Crippen molar-refractivity contribution >= 4 is 11.9 Å². The maximum absolute atomic E-state index is 11.7. The number of benzene rings is 1. The Morgan fingerprint density at radius 2 is 2.12 bits per heavy atom. The van der Waals surface area contributed by atoms with E-state index in [1.807, 2.05) is 14.0 Å². The van der Waals surface area contributed by atoms with Crippen LogP contribution < -0.4 is 10.6 Å². The summed E-state index contributed by atoms with van der Waals surface area (Å²) in [4.78, 5) is 18.2. The lowest BCUT2D eigenvalue weighted by atomic mass is 9.88. The van der Waals surface area contributed by atoms with Gasteiger partial charge in [-0.3, -0.25) is 4.79 Å². The number of likely N-dealkylation sites (N-methyl/N-ethyl adjacent to an activating group) is 1. The fourth-order valence-electron chi connectivity index (χ4n) is 3.87. The maximum atomic E-state index is 11.7. The molecule has 0 bridgehead atoms. The van der Waals surface area contributed by atoms with Crippen LogP contribution in [0.3, 0.4) is 0 Å². The van der Waals surface area contributed by atoms with E-state index in [0.717, 1.165) is 37.3 Å². The standard InChI is InChI=1S/C20H30N4O2/c1-3-21-20(23-15-9-11-19(26)24(2)13-15)22-12-17-16-7-5-4-6-14(16)8-10-18(17)25/h8,10,15,25H,3-7,9,11-13H2,1-2H3,(H2,21,22,23). The third kappa shape index (κ3) is 4.29. The molecule has 1 aliphatic carbocycles. The molecule has 6 nitrogen and oxygen atoms in total. The fourth-order valence-corrected chi connectivity index (χ4v) is 3.87. The number of rotatable bonds is 4. The fraction of sp³-hybridized carbons (Fsp3) is 0.600. The second kappa shape index (κ2) is 8.43. The molecule has 1 fully saturated rings. The maximum Gasteiger partial charge on any atom is 0.222 e. The number of nitrogens with zero attached hydrogens (tertiary/aromatic N) is 2. The number of carbonyl (C=O) groups is 1. The third-order valence-corrected chi connectivity index (χ3v) is 5.33. The number of nitrogens with one attached hydrogen (secondary N) is 2. The zero-order chi connectivity index (χ0) is 18.5. The van der Waals surface area contributed by atoms with Gasteiger partial charge in [0.2, 0.25) is 5.91 Å². The van der Waals surface area contributed by atoms with Crippen LogP contribution in [0.5, 0.6) is 5.75 Å². The first-order valence-corrected chi connectivity index (χ1v) is 9.70. The van der Waals surface area contributed by atoms with Gasteiger partial charge in [0.05, 0.1) is 6.54 Å². The van der Waals surface area contributed by atoms with E-state index in [1.165, 1.54) is 24.0 Å². The van der Waals surface area contributed by atoms with Gasteiger partial charge in [0.1, 0.15) is 5.75 Å². The van der Waals surface area contributed by atoms with E-state index in [0.29, 0.717) is 25.3 Å². The molecule has 0 aromatic heterocycles. The molecule has 0 radical (unpaired) electrons. The molecule has 1 heterocycles. The van der Waals surface area contributed by atoms with E-state index in [1.54, 1.807) is 11.0 Å². The molecule has 0 saturated carbocycles. The van der Waals surface area contributed by atoms with Crippen LogP contribution >= 0.6 is 0 Å². The van der Waals surface area contributed by atoms with E-state index < -0.39 is 0 Å². The summed E-state index contributed by atoms with van der Waals surface area (Å²) in [6.45, 7) is 3.96. The Morgan fingerprint density at radius 1 is 1.31 bits per heavy atom. The Labute approximate surface area is 155 Å². The van der Waals surface area contributed by atoms with Crippen molar-refractivity contribution in [2.45, 2.75) is 58.0 Å². The number of amides is 1. The molecule has 0 spiro atoms. The predicted octanol–water partition coefficient (Wildman–Crippen LogP) is 1.95. The molecule has 1 amide bonds. The lowest BCUT2D eigenvalue weighted by Crippen LogP contribution is -2.51. The number of likely N-dealkylation sites (tertiary alicyclic amines) is 1. The van der Waals surface area contributed by atoms with Gasteiger partial charge in [-0.2, -0.15) is 0 Å². The first-order valence-electron chi connectivity index (χ1n) is 9.70. The van der Waals surface area contributed by atoms with Crippen molar-refractivity contribution in [3.63, 3.8) is 0 Å². The molecule has 1 aromatic rings. The van der Waals surface area contributed by atoms with Crippen LogP contribution in [0.2, 0.25) is 0 Å². The summed E-state index contributed by atoms with van der Waals surface area (Å²) in [6.07, 6.45) is 5.90. The SMILES string of the molecule is CCNC(=NCc1c(O)ccc2c1CCCC2)NC1CCC(=O)N(C)C1. The lowest BCUT2D eigenvalue weighted by Gasteiger charge is -2.31. The smallest absolute Gasteiger partial charge is 0.222 e. The number of guanidine groups is 1. The van der Waals surface area contributed by atoms with Gasteiger partial charge in [-0.25, -0.2) is 4.99 Å². The highest BCUT2D eigenvalue weighted by Crippen LogP contribution is 2.31. The molecular formula is C20H30N4O2. The highest BCUT2D eigenvalue weighted by atomic mass is 16.3. The monoisotopic (exact) mass is 358 g/mol. The Bertz CT molecular complexity index is 687. The van der Waals surface area contributed by atoms with Crippen LogP contribution in [0.4, 0.5) is 0 Å². The Morgan fingerprint density at radius 3 is 2.88 bits per heavy atom. The summed E-state index contributed by atoms with van der Waals surface area (Å²) in [7, 11) is 1.84. The number of fused-ring (bicyclic) bond motifs is 1. The molecule has 3 rings (SSSR count). The summed E-state index contributed by atoms with van der Waals surface area (Å²) in [5, 5.41) is 17.1. The molecule has 2 aliphatic rings. The average Bonchev–Trinajstić information content (AvgIpc) is 2.64. The molecule has 1 atom stereocenters. The zero-order valence-electron chi connectivity index (χ0n) is 15.8. The first-order chi connectivity index (χ1) is 12.6. The van der Waals surface area contributed by atoms with E-state index in [9.17, 15) is 9.90 Å². The second-order valence-corrected chi connectivity index (χ2v) is 7.26. The van der Waals surface area contributed by atoms with Gasteiger partial charge in [-0.05, 0) is 56.2 Å². The van der Waals surface area contributed by atoms with Crippen molar-refractivity contribution in [1.82, 2.24) is 15.5 Å². The predicted molar refractivity (Wildman–Crippen MR) is 103 cm³/mol. The van der Waals surface area contributed by atoms with Crippen LogP contribution in [-0.2, 0) is 24.2 Å². The molecule has 26 heavy (non-hydrogen) atoms. The first kappa shape index (κ1) is 18.5. The van der Waals surface area contributed by atoms with Crippen molar-refractivity contribution in [2.75, 3.05) is 20.1 Å². The number of hydrogen-bond donors (Lipinski definition) is 3. The van der Waals surface area contributed by atoms with Crippen molar-refractivity contribution in [3.8, 4) is 5.75 Å². The molecule has 3 N–H and O–H groups in total. The van der Waals surface area contributed by atoms with Gasteiger partial charge in [0.25, 0.3) is 0 Å². The largest absolute Gasteiger partial charge is 0.508 e. The Balaban J connectivity index is 1.73. The average molecular weight is 358 g/mol. The molecule has 1 aliphatic heterocycles. The quantitative estimate of drug-likeness (QED) is 0.568. The minimum Gasteiger partial charge on any atom is -0.508 e. The summed E-state index contributed by atoms with van der Waals surface area (Å²) in [5.74, 6) is 1.28. The minimum atomic E-state index is 0.200. The van der Waals surface area contributed by atoms with Crippen molar-refractivity contribution in [2.24, 2.45) is 4.99 Å². The number of phenols is 1. The van der Waals surface area contributed by atoms with Gasteiger partial charge < -0.3 is 20.6 Å². The molecule has 1 aromatic carbocycles. The normalized spacial score (nSPS) is 20.7. The summed E-state index contributed by atoms with van der Waals surface area (Å²) in [6, 6.07) is 4.06. The highest BCUT2D eigenvalue weighted by molar-refractivity contribution is 5.81. The number of aromatic hydroxyl groups is 1. The van der Waals surface area contributed by atoms with Gasteiger partial charge >= 0.3 is 0 Å². The number of phenolic OH excluding ortho intramolecular Hbond substituents is 1. The van der Waals surface area contributed by atoms with Crippen LogP contribution in [0.1, 0.15) is 49.3 Å². The van der Waals surface area contributed by atoms with Crippen molar-refractivity contribution in [1.29, 1.82) is 0 Å². The zero-order valence-corrected chi connectivity index (χ0v) is 15.8. The van der Waals surface area contributed by atoms with Gasteiger partial charge in [-0.1, -0.05) is 6.07 Å². The number of aryl methyl sites for hydroxylation is 1. The van der Waals surface area contributed by atoms with Gasteiger partial charge in [0, 0.05) is 38.2 Å². The van der Waals surface area contributed by atoms with E-state index in [-0.39, 0.29) is 11.9 Å². The van der Waals surface area contributed by atoms with Crippen LogP contribution in [0.25, 0.3) is 0 Å². The lowest BCUT2D eigenvalue weighted by molar-refractivity contribution is -0.132. The van der Waals surface area contributed by atoms with Crippen LogP contribution in [0.15, 0.2) is 17.1 Å². The van der Waals surface area contributed by atoms with E-state index in [2.05, 4.69) is 16.7 Å². The van der Waals surface area contributed by atoms with E-state index in [4.69, 9.17) is 4.99 Å². The third-order valence-electron chi connectivity index (χ3n) is 5.33. The summed E-state index contributed by atoms with van der Waals surface area (Å²) < 4.78 is 0. The number of aliphatic imine (C=N–C) groups is 1. The molecule has 1 unspecified atom stereocenters. The van der Waals surface area contributed by atoms with Crippen molar-refractivity contribution < 1.29 is 9.90 Å². The summed E-state index contributed by atoms with van der Waals surface area (Å²) in [5.41, 5.74) is 3.58. The van der Waals surface area contributed by atoms with Crippen LogP contribution in [-0.4, -0.2) is 48.1 Å². The molecule has 6 heteroatoms. The minimum absolute atomic E-state index is 0.200. The van der Waals surface area contributed by atoms with E-state index >= 15 is 0 Å². The van der Waals surface area contributed by atoms with Gasteiger partial charge in [-0.15, -0.1) is 0 Å². The highest BCUT2D eigenvalue weighted by Gasteiger charge is 2.23. The number of carbonyl (C=O) groups excluding carboxylic acids is 1. The van der Waals surface area contributed by atoms with Crippen molar-refractivity contribution in [3.05, 3.63) is 28.8 Å². The Hall–Kier alpha value is -2.24. The number of piperidine rings is 1.